The maximum absolute atomic E-state index is 13.0. The van der Waals surface area contributed by atoms with Crippen molar-refractivity contribution in [2.75, 3.05) is 17.8 Å². The molecule has 5 nitrogen and oxygen atoms in total. The molecule has 1 amide bonds. The first-order chi connectivity index (χ1) is 12.7. The number of anilines is 1. The van der Waals surface area contributed by atoms with Gasteiger partial charge in [-0.05, 0) is 42.6 Å². The maximum atomic E-state index is 13.0. The van der Waals surface area contributed by atoms with E-state index in [4.69, 9.17) is 4.74 Å². The number of amides is 1. The second-order valence-electron chi connectivity index (χ2n) is 5.54. The molecule has 0 spiro atoms. The lowest BCUT2D eigenvalue weighted by Crippen LogP contribution is -2.31. The van der Waals surface area contributed by atoms with Gasteiger partial charge in [-0.1, -0.05) is 17.8 Å². The molecule has 0 aliphatic heterocycles. The first-order valence-electron chi connectivity index (χ1n) is 8.32. The molecule has 3 rings (SSSR count). The molecule has 0 unspecified atom stereocenters. The van der Waals surface area contributed by atoms with E-state index < -0.39 is 0 Å². The van der Waals surface area contributed by atoms with Gasteiger partial charge in [-0.25, -0.2) is 4.98 Å². The van der Waals surface area contributed by atoms with Crippen molar-refractivity contribution in [1.82, 2.24) is 9.55 Å². The molecular formula is C19H21N3O2S2. The van der Waals surface area contributed by atoms with Crippen molar-refractivity contribution in [2.45, 2.75) is 25.2 Å². The number of thioether (sulfide) groups is 1. The number of benzene rings is 1. The van der Waals surface area contributed by atoms with Crippen LogP contribution in [0.15, 0.2) is 59.3 Å². The van der Waals surface area contributed by atoms with Gasteiger partial charge in [-0.2, -0.15) is 0 Å². The number of hydrogen-bond donors (Lipinski definition) is 0. The molecule has 7 heteroatoms. The number of aryl methyl sites for hydroxylation is 1. The molecule has 1 aromatic carbocycles. The first-order valence-corrected chi connectivity index (χ1v) is 10.2. The molecule has 2 aromatic heterocycles. The minimum atomic E-state index is 0.0548. The zero-order valence-corrected chi connectivity index (χ0v) is 16.4. The highest BCUT2D eigenvalue weighted by atomic mass is 32.2. The van der Waals surface area contributed by atoms with Gasteiger partial charge in [-0.3, -0.25) is 4.79 Å². The Balaban J connectivity index is 1.76. The van der Waals surface area contributed by atoms with Gasteiger partial charge >= 0.3 is 0 Å². The van der Waals surface area contributed by atoms with Crippen molar-refractivity contribution in [1.29, 1.82) is 0 Å². The van der Waals surface area contributed by atoms with Crippen molar-refractivity contribution < 1.29 is 9.53 Å². The van der Waals surface area contributed by atoms with Crippen molar-refractivity contribution in [3.63, 3.8) is 0 Å². The number of thiophene rings is 1. The Hall–Kier alpha value is -2.25. The number of aromatic nitrogens is 2. The van der Waals surface area contributed by atoms with Gasteiger partial charge in [0, 0.05) is 29.5 Å². The molecule has 0 radical (unpaired) electrons. The topological polar surface area (TPSA) is 47.4 Å². The van der Waals surface area contributed by atoms with Crippen LogP contribution in [-0.2, 0) is 17.9 Å². The number of methoxy groups -OCH3 is 1. The van der Waals surface area contributed by atoms with Crippen molar-refractivity contribution >= 4 is 34.7 Å². The molecule has 0 saturated carbocycles. The summed E-state index contributed by atoms with van der Waals surface area (Å²) in [6.45, 7) is 3.47. The summed E-state index contributed by atoms with van der Waals surface area (Å²) in [5, 5.41) is 2.89. The van der Waals surface area contributed by atoms with Gasteiger partial charge in [0.15, 0.2) is 5.16 Å². The van der Waals surface area contributed by atoms with Crippen LogP contribution in [0.25, 0.3) is 0 Å². The highest BCUT2D eigenvalue weighted by Gasteiger charge is 2.18. The lowest BCUT2D eigenvalue weighted by atomic mass is 10.2. The van der Waals surface area contributed by atoms with Gasteiger partial charge in [-0.15, -0.1) is 11.3 Å². The smallest absolute Gasteiger partial charge is 0.237 e. The van der Waals surface area contributed by atoms with Crippen LogP contribution in [0.3, 0.4) is 0 Å². The van der Waals surface area contributed by atoms with E-state index in [1.54, 1.807) is 24.6 Å². The lowest BCUT2D eigenvalue weighted by Gasteiger charge is -2.22. The second kappa shape index (κ2) is 8.91. The average Bonchev–Trinajstić information content (AvgIpc) is 3.35. The van der Waals surface area contributed by atoms with Crippen LogP contribution < -0.4 is 9.64 Å². The van der Waals surface area contributed by atoms with Crippen LogP contribution in [-0.4, -0.2) is 28.3 Å². The zero-order chi connectivity index (χ0) is 18.4. The highest BCUT2D eigenvalue weighted by Crippen LogP contribution is 2.25. The Morgan fingerprint density at radius 2 is 2.12 bits per heavy atom. The third kappa shape index (κ3) is 4.47. The van der Waals surface area contributed by atoms with Crippen LogP contribution >= 0.6 is 23.1 Å². The number of hydrogen-bond acceptors (Lipinski definition) is 5. The van der Waals surface area contributed by atoms with Gasteiger partial charge in [0.2, 0.25) is 5.91 Å². The maximum Gasteiger partial charge on any atom is 0.237 e. The number of rotatable bonds is 8. The quantitative estimate of drug-likeness (QED) is 0.541. The van der Waals surface area contributed by atoms with Gasteiger partial charge < -0.3 is 14.2 Å². The molecule has 0 saturated heterocycles. The fraction of sp³-hybridized carbons (Fsp3) is 0.263. The minimum absolute atomic E-state index is 0.0548. The largest absolute Gasteiger partial charge is 0.497 e. The van der Waals surface area contributed by atoms with Crippen LogP contribution in [0.4, 0.5) is 5.69 Å². The fourth-order valence-electron chi connectivity index (χ4n) is 2.52. The van der Waals surface area contributed by atoms with E-state index >= 15 is 0 Å². The second-order valence-corrected chi connectivity index (χ2v) is 7.52. The summed E-state index contributed by atoms with van der Waals surface area (Å²) in [4.78, 5) is 20.3. The molecule has 26 heavy (non-hydrogen) atoms. The molecular weight excluding hydrogens is 366 g/mol. The van der Waals surface area contributed by atoms with Crippen molar-refractivity contribution in [2.24, 2.45) is 0 Å². The first kappa shape index (κ1) is 18.5. The summed E-state index contributed by atoms with van der Waals surface area (Å²) in [6.07, 6.45) is 3.70. The molecule has 2 heterocycles. The molecule has 0 bridgehead atoms. The predicted molar refractivity (Wildman–Crippen MR) is 107 cm³/mol. The summed E-state index contributed by atoms with van der Waals surface area (Å²) in [7, 11) is 1.63. The van der Waals surface area contributed by atoms with Crippen molar-refractivity contribution in [3.05, 3.63) is 59.0 Å². The zero-order valence-electron chi connectivity index (χ0n) is 14.8. The minimum Gasteiger partial charge on any atom is -0.497 e. The van der Waals surface area contributed by atoms with Crippen LogP contribution in [0.5, 0.6) is 5.75 Å². The third-order valence-corrected chi connectivity index (χ3v) is 5.77. The van der Waals surface area contributed by atoms with E-state index in [-0.39, 0.29) is 5.91 Å². The Morgan fingerprint density at radius 3 is 2.77 bits per heavy atom. The van der Waals surface area contributed by atoms with Gasteiger partial charge in [0.25, 0.3) is 0 Å². The Bertz CT molecular complexity index is 829. The van der Waals surface area contributed by atoms with Crippen LogP contribution in [0, 0.1) is 0 Å². The van der Waals surface area contributed by atoms with E-state index in [1.807, 2.05) is 57.4 Å². The van der Waals surface area contributed by atoms with Crippen LogP contribution in [0.2, 0.25) is 0 Å². The normalized spacial score (nSPS) is 10.7. The number of ether oxygens (including phenoxy) is 1. The summed E-state index contributed by atoms with van der Waals surface area (Å²) in [5.41, 5.74) is 0.864. The molecule has 136 valence electrons. The van der Waals surface area contributed by atoms with Gasteiger partial charge in [0.05, 0.1) is 19.4 Å². The SMILES string of the molecule is CCn1ccnc1SCC(=O)N(Cc1cccs1)c1ccc(OC)cc1. The van der Waals surface area contributed by atoms with Crippen molar-refractivity contribution in [3.8, 4) is 5.75 Å². The summed E-state index contributed by atoms with van der Waals surface area (Å²) in [5.74, 6) is 1.17. The van der Waals surface area contributed by atoms with Crippen LogP contribution in [0.1, 0.15) is 11.8 Å². The highest BCUT2D eigenvalue weighted by molar-refractivity contribution is 7.99. The molecule has 0 atom stereocenters. The Morgan fingerprint density at radius 1 is 1.31 bits per heavy atom. The van der Waals surface area contributed by atoms with E-state index in [0.717, 1.165) is 28.0 Å². The number of nitrogens with zero attached hydrogens (tertiary/aromatic N) is 3. The number of carbonyl (C=O) groups is 1. The Labute approximate surface area is 161 Å². The Kier molecular flexibility index (Phi) is 6.35. The summed E-state index contributed by atoms with van der Waals surface area (Å²) in [6, 6.07) is 11.6. The average molecular weight is 388 g/mol. The molecule has 0 N–H and O–H groups in total. The van der Waals surface area contributed by atoms with E-state index in [2.05, 4.69) is 11.9 Å². The standard InChI is InChI=1S/C19H21N3O2S2/c1-3-21-11-10-20-19(21)26-14-18(23)22(13-17-5-4-12-25-17)15-6-8-16(24-2)9-7-15/h4-12H,3,13-14H2,1-2H3. The molecule has 0 aliphatic carbocycles. The molecule has 3 aromatic rings. The fourth-order valence-corrected chi connectivity index (χ4v) is 4.12. The monoisotopic (exact) mass is 387 g/mol. The summed E-state index contributed by atoms with van der Waals surface area (Å²) >= 11 is 3.12. The number of imidazole rings is 1. The number of carbonyl (C=O) groups excluding carboxylic acids is 1. The molecule has 0 aliphatic rings. The third-order valence-electron chi connectivity index (χ3n) is 3.92. The van der Waals surface area contributed by atoms with E-state index in [0.29, 0.717) is 12.3 Å². The predicted octanol–water partition coefficient (Wildman–Crippen LogP) is 4.30. The van der Waals surface area contributed by atoms with Gasteiger partial charge in [0.1, 0.15) is 5.75 Å². The lowest BCUT2D eigenvalue weighted by molar-refractivity contribution is -0.116. The molecule has 0 fully saturated rings. The van der Waals surface area contributed by atoms with E-state index in [1.165, 1.54) is 11.8 Å². The summed E-state index contributed by atoms with van der Waals surface area (Å²) < 4.78 is 7.26. The van der Waals surface area contributed by atoms with E-state index in [9.17, 15) is 4.79 Å².